The number of ether oxygens (including phenoxy) is 1. The Bertz CT molecular complexity index is 1370. The van der Waals surface area contributed by atoms with E-state index >= 15 is 0 Å². The van der Waals surface area contributed by atoms with Crippen LogP contribution in [-0.4, -0.2) is 41.8 Å². The summed E-state index contributed by atoms with van der Waals surface area (Å²) in [5.41, 5.74) is -0.00625. The van der Waals surface area contributed by atoms with Gasteiger partial charge in [-0.2, -0.15) is 18.3 Å². The molecule has 40 heavy (non-hydrogen) atoms. The number of rotatable bonds is 8. The molecule has 0 bridgehead atoms. The number of anilines is 1. The first-order chi connectivity index (χ1) is 18.9. The molecule has 214 valence electrons. The molecule has 7 nitrogen and oxygen atoms in total. The summed E-state index contributed by atoms with van der Waals surface area (Å²) in [6.45, 7) is 1.22. The number of nitrogens with zero attached hydrogens (tertiary/aromatic N) is 3. The van der Waals surface area contributed by atoms with Crippen LogP contribution in [0.4, 0.5) is 27.6 Å². The Morgan fingerprint density at radius 2 is 1.80 bits per heavy atom. The largest absolute Gasteiger partial charge is 0.497 e. The Morgan fingerprint density at radius 1 is 1.15 bits per heavy atom. The summed E-state index contributed by atoms with van der Waals surface area (Å²) in [4.78, 5) is 27.9. The zero-order valence-electron chi connectivity index (χ0n) is 22.2. The molecule has 0 saturated heterocycles. The molecule has 2 atom stereocenters. The van der Waals surface area contributed by atoms with Crippen LogP contribution in [-0.2, 0) is 35.2 Å². The van der Waals surface area contributed by atoms with Gasteiger partial charge in [-0.15, -0.1) is 0 Å². The van der Waals surface area contributed by atoms with Gasteiger partial charge in [0.1, 0.15) is 30.0 Å². The molecule has 0 radical (unpaired) electrons. The number of carbonyl (C=O) groups is 2. The van der Waals surface area contributed by atoms with Gasteiger partial charge in [-0.1, -0.05) is 6.92 Å². The van der Waals surface area contributed by atoms with Crippen LogP contribution in [0.1, 0.15) is 48.2 Å². The maximum atomic E-state index is 13.9. The van der Waals surface area contributed by atoms with Crippen LogP contribution in [0.3, 0.4) is 0 Å². The molecule has 2 unspecified atom stereocenters. The van der Waals surface area contributed by atoms with Crippen molar-refractivity contribution in [3.63, 3.8) is 0 Å². The van der Waals surface area contributed by atoms with E-state index in [4.69, 9.17) is 4.74 Å². The zero-order valence-corrected chi connectivity index (χ0v) is 22.2. The number of alkyl halides is 3. The number of hydrogen-bond donors (Lipinski definition) is 1. The van der Waals surface area contributed by atoms with Crippen molar-refractivity contribution in [3.05, 3.63) is 76.6 Å². The number of likely N-dealkylation sites (N-methyl/N-ethyl adjacent to an activating group) is 1. The Morgan fingerprint density at radius 3 is 2.40 bits per heavy atom. The second-order valence-electron chi connectivity index (χ2n) is 9.86. The first-order valence-electron chi connectivity index (χ1n) is 12.7. The molecule has 1 aliphatic rings. The average Bonchev–Trinajstić information content (AvgIpc) is 3.27. The average molecular weight is 565 g/mol. The van der Waals surface area contributed by atoms with Gasteiger partial charge in [0, 0.05) is 36.5 Å². The van der Waals surface area contributed by atoms with Crippen molar-refractivity contribution in [2.75, 3.05) is 19.1 Å². The fraction of sp³-hybridized carbons (Fsp3) is 0.393. The Hall–Kier alpha value is -3.96. The molecule has 0 aliphatic heterocycles. The quantitative estimate of drug-likeness (QED) is 0.390. The monoisotopic (exact) mass is 564 g/mol. The highest BCUT2D eigenvalue weighted by Crippen LogP contribution is 2.39. The number of carbonyl (C=O) groups excluding carboxylic acids is 2. The van der Waals surface area contributed by atoms with Gasteiger partial charge < -0.3 is 15.0 Å². The van der Waals surface area contributed by atoms with Gasteiger partial charge in [0.2, 0.25) is 11.8 Å². The number of methoxy groups -OCH3 is 1. The summed E-state index contributed by atoms with van der Waals surface area (Å²) in [6, 6.07) is 7.99. The van der Waals surface area contributed by atoms with Crippen molar-refractivity contribution >= 4 is 17.5 Å². The second kappa shape index (κ2) is 11.6. The lowest BCUT2D eigenvalue weighted by molar-refractivity contribution is -0.142. The van der Waals surface area contributed by atoms with Gasteiger partial charge in [-0.25, -0.2) is 8.78 Å². The van der Waals surface area contributed by atoms with Crippen molar-refractivity contribution < 1.29 is 36.3 Å². The van der Waals surface area contributed by atoms with Gasteiger partial charge in [-0.05, 0) is 67.1 Å². The minimum absolute atomic E-state index is 0.0844. The number of halogens is 5. The number of hydrogen-bond acceptors (Lipinski definition) is 4. The van der Waals surface area contributed by atoms with Gasteiger partial charge >= 0.3 is 6.18 Å². The highest BCUT2D eigenvalue weighted by molar-refractivity contribution is 5.99. The van der Waals surface area contributed by atoms with Crippen LogP contribution in [0.25, 0.3) is 0 Å². The summed E-state index contributed by atoms with van der Waals surface area (Å²) >= 11 is 0. The lowest BCUT2D eigenvalue weighted by Crippen LogP contribution is -2.49. The van der Waals surface area contributed by atoms with Crippen LogP contribution in [0, 0.1) is 11.6 Å². The SMILES string of the molecule is COc1ccc(N(C)C(=O)C(Cc2cc(F)cc(F)c2)NC(=O)Cn2nc(C(F)(F)F)c3c2C(C)CCC3)cc1. The predicted molar refractivity (Wildman–Crippen MR) is 137 cm³/mol. The third-order valence-electron chi connectivity index (χ3n) is 6.97. The molecule has 1 aromatic heterocycles. The van der Waals surface area contributed by atoms with Crippen LogP contribution in [0.15, 0.2) is 42.5 Å². The van der Waals surface area contributed by atoms with E-state index in [-0.39, 0.29) is 29.9 Å². The summed E-state index contributed by atoms with van der Waals surface area (Å²) in [7, 11) is 2.96. The molecule has 0 saturated carbocycles. The molecular weight excluding hydrogens is 535 g/mol. The van der Waals surface area contributed by atoms with Gasteiger partial charge in [0.25, 0.3) is 0 Å². The Balaban J connectivity index is 1.61. The molecule has 1 N–H and O–H groups in total. The van der Waals surface area contributed by atoms with Crippen molar-refractivity contribution in [3.8, 4) is 5.75 Å². The molecule has 0 fully saturated rings. The van der Waals surface area contributed by atoms with Crippen molar-refractivity contribution in [1.82, 2.24) is 15.1 Å². The first-order valence-corrected chi connectivity index (χ1v) is 12.7. The lowest BCUT2D eigenvalue weighted by Gasteiger charge is -2.26. The van der Waals surface area contributed by atoms with Crippen molar-refractivity contribution in [2.24, 2.45) is 0 Å². The summed E-state index contributed by atoms with van der Waals surface area (Å²) in [5.74, 6) is -2.76. The molecule has 0 spiro atoms. The van der Waals surface area contributed by atoms with E-state index in [0.717, 1.165) is 16.8 Å². The standard InChI is InChI=1S/C28H29F5N4O3/c1-16-5-4-6-22-25(16)37(35-26(22)28(31,32)33)15-24(38)34-23(13-17-11-18(29)14-19(30)12-17)27(39)36(2)20-7-9-21(40-3)10-8-20/h7-12,14,16,23H,4-6,13,15H2,1-3H3,(H,34,38). The highest BCUT2D eigenvalue weighted by atomic mass is 19.4. The maximum Gasteiger partial charge on any atom is 0.435 e. The normalized spacial score (nSPS) is 15.8. The van der Waals surface area contributed by atoms with Crippen molar-refractivity contribution in [2.45, 2.75) is 57.3 Å². The molecule has 1 aliphatic carbocycles. The van der Waals surface area contributed by atoms with E-state index in [1.165, 1.54) is 19.1 Å². The molecule has 1 heterocycles. The molecule has 12 heteroatoms. The molecule has 2 amide bonds. The first kappa shape index (κ1) is 29.0. The summed E-state index contributed by atoms with van der Waals surface area (Å²) in [6.07, 6.45) is -3.51. The predicted octanol–water partition coefficient (Wildman–Crippen LogP) is 5.02. The smallest absolute Gasteiger partial charge is 0.435 e. The highest BCUT2D eigenvalue weighted by Gasteiger charge is 2.41. The van der Waals surface area contributed by atoms with E-state index in [2.05, 4.69) is 10.4 Å². The maximum absolute atomic E-state index is 13.9. The van der Waals surface area contributed by atoms with Gasteiger partial charge in [-0.3, -0.25) is 14.3 Å². The number of benzene rings is 2. The van der Waals surface area contributed by atoms with Crippen LogP contribution < -0.4 is 15.0 Å². The lowest BCUT2D eigenvalue weighted by atomic mass is 9.87. The summed E-state index contributed by atoms with van der Waals surface area (Å²) < 4.78 is 75.0. The Kier molecular flexibility index (Phi) is 8.45. The number of fused-ring (bicyclic) bond motifs is 1. The number of aromatic nitrogens is 2. The third kappa shape index (κ3) is 6.43. The third-order valence-corrected chi connectivity index (χ3v) is 6.97. The fourth-order valence-electron chi connectivity index (χ4n) is 5.09. The van der Waals surface area contributed by atoms with Crippen LogP contribution in [0.5, 0.6) is 5.75 Å². The van der Waals surface area contributed by atoms with Gasteiger partial charge in [0.05, 0.1) is 7.11 Å². The van der Waals surface area contributed by atoms with E-state index < -0.39 is 47.9 Å². The van der Waals surface area contributed by atoms with E-state index in [1.54, 1.807) is 31.2 Å². The molecule has 3 aromatic rings. The fourth-order valence-corrected chi connectivity index (χ4v) is 5.09. The van der Waals surface area contributed by atoms with E-state index in [1.807, 2.05) is 0 Å². The molecular formula is C28H29F5N4O3. The molecule has 4 rings (SSSR count). The van der Waals surface area contributed by atoms with E-state index in [9.17, 15) is 31.5 Å². The Labute approximate surface area is 227 Å². The summed E-state index contributed by atoms with van der Waals surface area (Å²) in [5, 5.41) is 6.29. The number of amides is 2. The second-order valence-corrected chi connectivity index (χ2v) is 9.86. The van der Waals surface area contributed by atoms with Gasteiger partial charge in [0.15, 0.2) is 5.69 Å². The minimum atomic E-state index is -4.68. The minimum Gasteiger partial charge on any atom is -0.497 e. The molecule has 2 aromatic carbocycles. The topological polar surface area (TPSA) is 76.5 Å². The number of nitrogens with one attached hydrogen (secondary N) is 1. The van der Waals surface area contributed by atoms with Crippen molar-refractivity contribution in [1.29, 1.82) is 0 Å². The van der Waals surface area contributed by atoms with Crippen LogP contribution in [0.2, 0.25) is 0 Å². The zero-order chi connectivity index (χ0) is 29.2. The van der Waals surface area contributed by atoms with Crippen LogP contribution >= 0.6 is 0 Å². The van der Waals surface area contributed by atoms with E-state index in [0.29, 0.717) is 36.0 Å².